The van der Waals surface area contributed by atoms with Crippen molar-refractivity contribution in [3.8, 4) is 0 Å². The van der Waals surface area contributed by atoms with Gasteiger partial charge in [0.15, 0.2) is 20.2 Å². The zero-order valence-corrected chi connectivity index (χ0v) is 13.8. The molecule has 0 saturated heterocycles. The van der Waals surface area contributed by atoms with Gasteiger partial charge in [-0.15, -0.1) is 0 Å². The van der Waals surface area contributed by atoms with Crippen LogP contribution in [0.5, 0.6) is 0 Å². The highest BCUT2D eigenvalue weighted by Gasteiger charge is 2.36. The second-order valence-electron chi connectivity index (χ2n) is 6.18. The van der Waals surface area contributed by atoms with Crippen molar-refractivity contribution in [1.82, 2.24) is 5.32 Å². The lowest BCUT2D eigenvalue weighted by atomic mass is 10.2. The van der Waals surface area contributed by atoms with Crippen LogP contribution in [0.25, 0.3) is 0 Å². The normalized spacial score (nSPS) is 19.4. The average Bonchev–Trinajstić information content (AvgIpc) is 2.34. The standard InChI is InChI=1S/C13H24N2O4Si/c1-13(2,3)20(4,5)19-7-6-18-11-9-14-10(8-15-11)12(16)17/h8-9,11,15H,6-7H2,1-5H3,(H,16,17). The highest BCUT2D eigenvalue weighted by atomic mass is 28.4. The predicted molar refractivity (Wildman–Crippen MR) is 80.2 cm³/mol. The molecule has 0 radical (unpaired) electrons. The van der Waals surface area contributed by atoms with E-state index in [-0.39, 0.29) is 10.7 Å². The first-order chi connectivity index (χ1) is 9.13. The van der Waals surface area contributed by atoms with Crippen LogP contribution >= 0.6 is 0 Å². The minimum Gasteiger partial charge on any atom is -0.476 e. The van der Waals surface area contributed by atoms with E-state index in [0.717, 1.165) is 0 Å². The number of carboxylic acids is 1. The summed E-state index contributed by atoms with van der Waals surface area (Å²) in [4.78, 5) is 14.4. The Morgan fingerprint density at radius 3 is 2.55 bits per heavy atom. The highest BCUT2D eigenvalue weighted by Crippen LogP contribution is 2.36. The minimum atomic E-state index is -1.74. The fourth-order valence-corrected chi connectivity index (χ4v) is 2.31. The lowest BCUT2D eigenvalue weighted by molar-refractivity contribution is -0.132. The average molecular weight is 300 g/mol. The van der Waals surface area contributed by atoms with Crippen molar-refractivity contribution in [2.24, 2.45) is 4.99 Å². The molecule has 0 aliphatic carbocycles. The molecule has 0 aromatic heterocycles. The number of hydrogen-bond acceptors (Lipinski definition) is 5. The molecule has 6 nitrogen and oxygen atoms in total. The van der Waals surface area contributed by atoms with Crippen LogP contribution in [0.15, 0.2) is 16.9 Å². The molecule has 0 bridgehead atoms. The van der Waals surface area contributed by atoms with Crippen molar-refractivity contribution in [2.75, 3.05) is 13.2 Å². The second-order valence-corrected chi connectivity index (χ2v) is 11.0. The van der Waals surface area contributed by atoms with Gasteiger partial charge in [-0.25, -0.2) is 9.79 Å². The molecule has 1 heterocycles. The summed E-state index contributed by atoms with van der Waals surface area (Å²) in [6.07, 6.45) is 2.37. The van der Waals surface area contributed by atoms with Crippen molar-refractivity contribution in [1.29, 1.82) is 0 Å². The lowest BCUT2D eigenvalue weighted by Gasteiger charge is -2.36. The Bertz CT molecular complexity index is 413. The van der Waals surface area contributed by atoms with Crippen LogP contribution in [0.3, 0.4) is 0 Å². The molecule has 0 saturated carbocycles. The van der Waals surface area contributed by atoms with E-state index in [4.69, 9.17) is 14.3 Å². The number of rotatable bonds is 6. The minimum absolute atomic E-state index is 0.0256. The SMILES string of the molecule is CC(C)(C)[Si](C)(C)OCCOC1C=NC(C(=O)O)=CN1. The molecule has 0 spiro atoms. The second kappa shape index (κ2) is 6.51. The molecule has 0 aromatic rings. The summed E-state index contributed by atoms with van der Waals surface area (Å²) in [6, 6.07) is 0. The Morgan fingerprint density at radius 1 is 1.45 bits per heavy atom. The van der Waals surface area contributed by atoms with Crippen LogP contribution < -0.4 is 5.32 Å². The van der Waals surface area contributed by atoms with Crippen LogP contribution in [0.2, 0.25) is 18.1 Å². The highest BCUT2D eigenvalue weighted by molar-refractivity contribution is 6.74. The van der Waals surface area contributed by atoms with Gasteiger partial charge in [-0.05, 0) is 18.1 Å². The van der Waals surface area contributed by atoms with Crippen molar-refractivity contribution in [3.05, 3.63) is 11.9 Å². The summed E-state index contributed by atoms with van der Waals surface area (Å²) in [5, 5.41) is 11.7. The van der Waals surface area contributed by atoms with E-state index < -0.39 is 20.5 Å². The summed E-state index contributed by atoms with van der Waals surface area (Å²) >= 11 is 0. The molecule has 1 rings (SSSR count). The Labute approximate surface area is 121 Å². The Morgan fingerprint density at radius 2 is 2.10 bits per heavy atom. The number of carbonyl (C=O) groups is 1. The first-order valence-corrected chi connectivity index (χ1v) is 9.53. The van der Waals surface area contributed by atoms with E-state index in [1.165, 1.54) is 12.4 Å². The van der Waals surface area contributed by atoms with E-state index >= 15 is 0 Å². The van der Waals surface area contributed by atoms with E-state index in [2.05, 4.69) is 44.2 Å². The van der Waals surface area contributed by atoms with Crippen LogP contribution in [-0.2, 0) is 14.0 Å². The molecule has 1 aliphatic heterocycles. The first-order valence-electron chi connectivity index (χ1n) is 6.63. The monoisotopic (exact) mass is 300 g/mol. The number of hydrogen-bond donors (Lipinski definition) is 2. The third-order valence-electron chi connectivity index (χ3n) is 3.60. The van der Waals surface area contributed by atoms with Gasteiger partial charge in [0.2, 0.25) is 0 Å². The molecule has 1 unspecified atom stereocenters. The van der Waals surface area contributed by atoms with Crippen molar-refractivity contribution in [2.45, 2.75) is 45.1 Å². The smallest absolute Gasteiger partial charge is 0.355 e. The Hall–Kier alpha value is -1.18. The summed E-state index contributed by atoms with van der Waals surface area (Å²) in [6.45, 7) is 11.9. The number of aliphatic imine (C=N–C) groups is 1. The van der Waals surface area contributed by atoms with E-state index in [1.54, 1.807) is 0 Å². The molecule has 2 N–H and O–H groups in total. The molecule has 1 atom stereocenters. The number of ether oxygens (including phenoxy) is 1. The topological polar surface area (TPSA) is 80.2 Å². The molecule has 0 aromatic carbocycles. The van der Waals surface area contributed by atoms with Gasteiger partial charge in [0.25, 0.3) is 0 Å². The van der Waals surface area contributed by atoms with Crippen LogP contribution in [0.4, 0.5) is 0 Å². The van der Waals surface area contributed by atoms with Gasteiger partial charge in [-0.1, -0.05) is 20.8 Å². The van der Waals surface area contributed by atoms with Crippen LogP contribution in [-0.4, -0.2) is 45.0 Å². The molecular formula is C13H24N2O4Si. The molecule has 0 fully saturated rings. The molecule has 114 valence electrons. The maximum absolute atomic E-state index is 10.6. The van der Waals surface area contributed by atoms with Crippen molar-refractivity contribution in [3.63, 3.8) is 0 Å². The summed E-state index contributed by atoms with van der Waals surface area (Å²) in [5.74, 6) is -1.06. The number of aliphatic carboxylic acids is 1. The van der Waals surface area contributed by atoms with E-state index in [1.807, 2.05) is 0 Å². The van der Waals surface area contributed by atoms with Gasteiger partial charge in [0, 0.05) is 6.20 Å². The Kier molecular flexibility index (Phi) is 5.49. The number of nitrogens with zero attached hydrogens (tertiary/aromatic N) is 1. The third kappa shape index (κ3) is 4.73. The van der Waals surface area contributed by atoms with Gasteiger partial charge in [0.1, 0.15) is 0 Å². The maximum atomic E-state index is 10.6. The van der Waals surface area contributed by atoms with Gasteiger partial charge in [-0.3, -0.25) is 0 Å². The van der Waals surface area contributed by atoms with Crippen LogP contribution in [0, 0.1) is 0 Å². The molecule has 0 amide bonds. The number of nitrogens with one attached hydrogen (secondary N) is 1. The van der Waals surface area contributed by atoms with E-state index in [0.29, 0.717) is 13.2 Å². The van der Waals surface area contributed by atoms with Crippen LogP contribution in [0.1, 0.15) is 20.8 Å². The Balaban J connectivity index is 2.28. The molecule has 1 aliphatic rings. The van der Waals surface area contributed by atoms with Crippen molar-refractivity contribution >= 4 is 20.5 Å². The predicted octanol–water partition coefficient (Wildman–Crippen LogP) is 1.95. The van der Waals surface area contributed by atoms with Gasteiger partial charge in [-0.2, -0.15) is 0 Å². The van der Waals surface area contributed by atoms with E-state index in [9.17, 15) is 4.79 Å². The largest absolute Gasteiger partial charge is 0.476 e. The summed E-state index contributed by atoms with van der Waals surface area (Å²) in [7, 11) is -1.74. The summed E-state index contributed by atoms with van der Waals surface area (Å²) in [5.41, 5.74) is -0.0256. The van der Waals surface area contributed by atoms with Gasteiger partial charge in [0.05, 0.1) is 19.4 Å². The quantitative estimate of drug-likeness (QED) is 0.579. The number of carboxylic acid groups (broad SMARTS) is 1. The zero-order chi connectivity index (χ0) is 15.4. The molecule has 20 heavy (non-hydrogen) atoms. The van der Waals surface area contributed by atoms with Gasteiger partial charge < -0.3 is 19.6 Å². The van der Waals surface area contributed by atoms with Gasteiger partial charge >= 0.3 is 5.97 Å². The molecule has 7 heteroatoms. The fraction of sp³-hybridized carbons (Fsp3) is 0.692. The fourth-order valence-electron chi connectivity index (χ4n) is 1.29. The zero-order valence-electron chi connectivity index (χ0n) is 12.8. The third-order valence-corrected chi connectivity index (χ3v) is 8.14. The summed E-state index contributed by atoms with van der Waals surface area (Å²) < 4.78 is 11.5. The lowest BCUT2D eigenvalue weighted by Crippen LogP contribution is -2.42. The van der Waals surface area contributed by atoms with Crippen molar-refractivity contribution < 1.29 is 19.1 Å². The maximum Gasteiger partial charge on any atom is 0.355 e. The molecular weight excluding hydrogens is 276 g/mol. The first kappa shape index (κ1) is 16.9.